The third-order valence-electron chi connectivity index (χ3n) is 1.11. The molecule has 0 atom stereocenters. The van der Waals surface area contributed by atoms with Crippen LogP contribution in [-0.4, -0.2) is 24.9 Å². The topological polar surface area (TPSA) is 63.3 Å². The number of hydrogen-bond acceptors (Lipinski definition) is 4. The molecule has 1 radical (unpaired) electrons. The van der Waals surface area contributed by atoms with E-state index in [-0.39, 0.29) is 6.01 Å². The molecule has 0 unspecified atom stereocenters. The Hall–Kier alpha value is -1.65. The van der Waals surface area contributed by atoms with Gasteiger partial charge in [0.05, 0.1) is 0 Å². The molecule has 0 saturated heterocycles. The van der Waals surface area contributed by atoms with E-state index < -0.39 is 0 Å². The predicted molar refractivity (Wildman–Crippen MR) is 31.3 cm³/mol. The van der Waals surface area contributed by atoms with Gasteiger partial charge in [-0.05, 0) is 12.1 Å². The van der Waals surface area contributed by atoms with E-state index in [1.807, 2.05) is 0 Å². The molecule has 2 aromatic rings. The minimum absolute atomic E-state index is 0.216. The lowest BCUT2D eigenvalue weighted by atomic mass is 10.6. The average molecular weight is 135 g/mol. The first-order valence-corrected chi connectivity index (χ1v) is 2.65. The lowest BCUT2D eigenvalue weighted by Gasteiger charge is -1.85. The number of fused-ring (bicyclic) bond motifs is 1. The van der Waals surface area contributed by atoms with Crippen molar-refractivity contribution in [1.29, 1.82) is 0 Å². The molecule has 1 N–H and O–H groups in total. The van der Waals surface area contributed by atoms with Gasteiger partial charge < -0.3 is 5.11 Å². The SMILES string of the molecule is Oc1nnc2cc[c]nn12. The van der Waals surface area contributed by atoms with E-state index >= 15 is 0 Å². The summed E-state index contributed by atoms with van der Waals surface area (Å²) in [7, 11) is 0. The van der Waals surface area contributed by atoms with Gasteiger partial charge in [0.15, 0.2) is 5.65 Å². The summed E-state index contributed by atoms with van der Waals surface area (Å²) in [4.78, 5) is 0. The van der Waals surface area contributed by atoms with Gasteiger partial charge in [-0.15, -0.1) is 5.10 Å². The molecule has 0 bridgehead atoms. The Balaban J connectivity index is 2.93. The molecule has 5 nitrogen and oxygen atoms in total. The Bertz CT molecular complexity index is 355. The highest BCUT2D eigenvalue weighted by Gasteiger charge is 2.00. The van der Waals surface area contributed by atoms with Gasteiger partial charge >= 0.3 is 6.01 Å². The van der Waals surface area contributed by atoms with E-state index in [1.165, 1.54) is 4.52 Å². The summed E-state index contributed by atoms with van der Waals surface area (Å²) in [6.45, 7) is 0. The molecule has 49 valence electrons. The number of aromatic nitrogens is 4. The molecule has 0 fully saturated rings. The monoisotopic (exact) mass is 135 g/mol. The fraction of sp³-hybridized carbons (Fsp3) is 0. The summed E-state index contributed by atoms with van der Waals surface area (Å²) >= 11 is 0. The molecule has 0 saturated carbocycles. The lowest BCUT2D eigenvalue weighted by Crippen LogP contribution is -1.88. The van der Waals surface area contributed by atoms with Crippen LogP contribution < -0.4 is 0 Å². The van der Waals surface area contributed by atoms with Crippen LogP contribution in [0.2, 0.25) is 0 Å². The quantitative estimate of drug-likeness (QED) is 0.535. The van der Waals surface area contributed by atoms with Crippen LogP contribution in [0.25, 0.3) is 5.65 Å². The Morgan fingerprint density at radius 2 is 2.40 bits per heavy atom. The van der Waals surface area contributed by atoms with Gasteiger partial charge in [-0.1, -0.05) is 5.10 Å². The van der Waals surface area contributed by atoms with Crippen LogP contribution in [0.1, 0.15) is 0 Å². The van der Waals surface area contributed by atoms with Crippen molar-refractivity contribution in [2.24, 2.45) is 0 Å². The normalized spacial score (nSPS) is 10.4. The Morgan fingerprint density at radius 3 is 3.20 bits per heavy atom. The molecular weight excluding hydrogens is 132 g/mol. The zero-order chi connectivity index (χ0) is 6.97. The van der Waals surface area contributed by atoms with Crippen molar-refractivity contribution in [1.82, 2.24) is 19.8 Å². The van der Waals surface area contributed by atoms with Crippen molar-refractivity contribution < 1.29 is 5.11 Å². The molecule has 0 aliphatic carbocycles. The first-order valence-electron chi connectivity index (χ1n) is 2.65. The third kappa shape index (κ3) is 0.540. The molecule has 2 aromatic heterocycles. The van der Waals surface area contributed by atoms with Crippen molar-refractivity contribution >= 4 is 5.65 Å². The fourth-order valence-corrected chi connectivity index (χ4v) is 0.686. The van der Waals surface area contributed by atoms with Gasteiger partial charge in [-0.2, -0.15) is 9.61 Å². The number of hydrogen-bond donors (Lipinski definition) is 1. The summed E-state index contributed by atoms with van der Waals surface area (Å²) in [6, 6.07) is 3.04. The summed E-state index contributed by atoms with van der Waals surface area (Å²) in [5.74, 6) is 0. The summed E-state index contributed by atoms with van der Waals surface area (Å²) in [5, 5.41) is 19.6. The van der Waals surface area contributed by atoms with Crippen LogP contribution in [-0.2, 0) is 0 Å². The Labute approximate surface area is 55.9 Å². The summed E-state index contributed by atoms with van der Waals surface area (Å²) in [5.41, 5.74) is 0.510. The Morgan fingerprint density at radius 1 is 1.50 bits per heavy atom. The molecule has 5 heteroatoms. The fourth-order valence-electron chi connectivity index (χ4n) is 0.686. The first-order chi connectivity index (χ1) is 4.88. The van der Waals surface area contributed by atoms with E-state index in [9.17, 15) is 0 Å². The number of aromatic hydroxyl groups is 1. The van der Waals surface area contributed by atoms with E-state index in [4.69, 9.17) is 5.11 Å². The lowest BCUT2D eigenvalue weighted by molar-refractivity contribution is 0.415. The van der Waals surface area contributed by atoms with Crippen LogP contribution in [0.3, 0.4) is 0 Å². The highest BCUT2D eigenvalue weighted by molar-refractivity contribution is 5.35. The number of rotatable bonds is 0. The average Bonchev–Trinajstić information content (AvgIpc) is 2.34. The van der Waals surface area contributed by atoms with E-state index in [0.29, 0.717) is 5.65 Å². The highest BCUT2D eigenvalue weighted by Crippen LogP contribution is 2.03. The van der Waals surface area contributed by atoms with Gasteiger partial charge in [-0.25, -0.2) is 0 Å². The molecule has 0 spiro atoms. The van der Waals surface area contributed by atoms with Crippen molar-refractivity contribution in [3.05, 3.63) is 18.3 Å². The second-order valence-corrected chi connectivity index (χ2v) is 1.73. The van der Waals surface area contributed by atoms with Crippen LogP contribution in [0.4, 0.5) is 0 Å². The minimum atomic E-state index is -0.216. The summed E-state index contributed by atoms with van der Waals surface area (Å²) < 4.78 is 1.19. The molecule has 0 aliphatic heterocycles. The van der Waals surface area contributed by atoms with Crippen LogP contribution >= 0.6 is 0 Å². The highest BCUT2D eigenvalue weighted by atomic mass is 16.3. The van der Waals surface area contributed by atoms with E-state index in [2.05, 4.69) is 21.5 Å². The molecular formula is C5H3N4O. The second kappa shape index (κ2) is 1.66. The van der Waals surface area contributed by atoms with Crippen LogP contribution in [0.5, 0.6) is 6.01 Å². The van der Waals surface area contributed by atoms with Gasteiger partial charge in [-0.3, -0.25) is 0 Å². The molecule has 0 aromatic carbocycles. The maximum absolute atomic E-state index is 8.92. The zero-order valence-electron chi connectivity index (χ0n) is 4.89. The van der Waals surface area contributed by atoms with Crippen LogP contribution in [0, 0.1) is 6.20 Å². The van der Waals surface area contributed by atoms with E-state index in [1.54, 1.807) is 12.1 Å². The van der Waals surface area contributed by atoms with Crippen molar-refractivity contribution in [3.63, 3.8) is 0 Å². The van der Waals surface area contributed by atoms with Gasteiger partial charge in [0.25, 0.3) is 0 Å². The zero-order valence-corrected chi connectivity index (χ0v) is 4.89. The number of nitrogens with zero attached hydrogens (tertiary/aromatic N) is 4. The minimum Gasteiger partial charge on any atom is -0.478 e. The molecule has 2 rings (SSSR count). The smallest absolute Gasteiger partial charge is 0.336 e. The molecule has 2 heterocycles. The van der Waals surface area contributed by atoms with Crippen molar-refractivity contribution in [3.8, 4) is 6.01 Å². The molecule has 0 aliphatic rings. The Kier molecular flexibility index (Phi) is 0.858. The van der Waals surface area contributed by atoms with Crippen molar-refractivity contribution in [2.45, 2.75) is 0 Å². The van der Waals surface area contributed by atoms with Crippen molar-refractivity contribution in [2.75, 3.05) is 0 Å². The largest absolute Gasteiger partial charge is 0.478 e. The summed E-state index contributed by atoms with van der Waals surface area (Å²) in [6.07, 6.45) is 2.54. The van der Waals surface area contributed by atoms with Gasteiger partial charge in [0, 0.05) is 0 Å². The maximum atomic E-state index is 8.92. The van der Waals surface area contributed by atoms with Gasteiger partial charge in [0.2, 0.25) is 0 Å². The standard InChI is InChI=1S/C5H3N4O/c10-5-8-7-4-2-1-3-6-9(4)5/h1-2H,(H,8,10). The maximum Gasteiger partial charge on any atom is 0.336 e. The van der Waals surface area contributed by atoms with E-state index in [0.717, 1.165) is 0 Å². The van der Waals surface area contributed by atoms with Gasteiger partial charge in [0.1, 0.15) is 6.20 Å². The van der Waals surface area contributed by atoms with Crippen LogP contribution in [0.15, 0.2) is 12.1 Å². The second-order valence-electron chi connectivity index (χ2n) is 1.73. The molecule has 0 amide bonds. The molecule has 10 heavy (non-hydrogen) atoms. The predicted octanol–water partition coefficient (Wildman–Crippen LogP) is -0.370. The third-order valence-corrected chi connectivity index (χ3v) is 1.11. The first kappa shape index (κ1) is 5.16.